The van der Waals surface area contributed by atoms with Gasteiger partial charge in [-0.1, -0.05) is 48.6 Å². The van der Waals surface area contributed by atoms with Crippen molar-refractivity contribution in [3.05, 3.63) is 83.0 Å². The van der Waals surface area contributed by atoms with Gasteiger partial charge in [0.2, 0.25) is 5.95 Å². The van der Waals surface area contributed by atoms with Crippen LogP contribution in [0, 0.1) is 0 Å². The summed E-state index contributed by atoms with van der Waals surface area (Å²) in [4.78, 5) is 8.10. The number of nitrogens with two attached hydrogens (primary N) is 2. The summed E-state index contributed by atoms with van der Waals surface area (Å²) in [6.07, 6.45) is 6.29. The van der Waals surface area contributed by atoms with Gasteiger partial charge in [0.05, 0.1) is 14.2 Å². The van der Waals surface area contributed by atoms with Crippen LogP contribution >= 0.6 is 0 Å². The normalized spacial score (nSPS) is 11.2. The number of rotatable bonds is 6. The summed E-state index contributed by atoms with van der Waals surface area (Å²) in [5.74, 6) is 1.85. The number of nitrogens with zero attached hydrogens (tertiary/aromatic N) is 2. The van der Waals surface area contributed by atoms with E-state index in [1.165, 1.54) is 10.8 Å². The standard InChI is InChI=1S/C25H24N4O2/c1-30-22-14-17(13-21-15-28-25(27)29-24(21)26)12-20(23(22)31-2)10-8-16-7-9-18-5-3-4-6-19(18)11-16/h3-12,14-15H,13H2,1-2H3,(H4,26,27,28,29)/b10-8+. The van der Waals surface area contributed by atoms with Crippen molar-refractivity contribution in [2.45, 2.75) is 6.42 Å². The number of aromatic nitrogens is 2. The van der Waals surface area contributed by atoms with Crippen LogP contribution < -0.4 is 20.9 Å². The Labute approximate surface area is 181 Å². The van der Waals surface area contributed by atoms with E-state index >= 15 is 0 Å². The van der Waals surface area contributed by atoms with Crippen LogP contribution in [0.25, 0.3) is 22.9 Å². The molecular formula is C25H24N4O2. The van der Waals surface area contributed by atoms with Gasteiger partial charge in [0.25, 0.3) is 0 Å². The number of methoxy groups -OCH3 is 2. The van der Waals surface area contributed by atoms with Crippen molar-refractivity contribution in [1.29, 1.82) is 0 Å². The van der Waals surface area contributed by atoms with Gasteiger partial charge in [-0.15, -0.1) is 0 Å². The average Bonchev–Trinajstić information content (AvgIpc) is 2.79. The number of hydrogen-bond donors (Lipinski definition) is 2. The first kappa shape index (κ1) is 20.2. The highest BCUT2D eigenvalue weighted by atomic mass is 16.5. The van der Waals surface area contributed by atoms with Crippen LogP contribution in [0.2, 0.25) is 0 Å². The van der Waals surface area contributed by atoms with Crippen LogP contribution in [-0.2, 0) is 6.42 Å². The van der Waals surface area contributed by atoms with Crippen molar-refractivity contribution in [3.8, 4) is 11.5 Å². The minimum absolute atomic E-state index is 0.160. The van der Waals surface area contributed by atoms with E-state index in [-0.39, 0.29) is 5.95 Å². The molecule has 0 aliphatic rings. The van der Waals surface area contributed by atoms with Gasteiger partial charge >= 0.3 is 0 Å². The first-order valence-electron chi connectivity index (χ1n) is 9.86. The van der Waals surface area contributed by atoms with Crippen LogP contribution in [-0.4, -0.2) is 24.2 Å². The molecule has 0 aliphatic heterocycles. The Kier molecular flexibility index (Phi) is 5.71. The number of anilines is 2. The van der Waals surface area contributed by atoms with E-state index in [0.717, 1.165) is 22.3 Å². The van der Waals surface area contributed by atoms with Gasteiger partial charge in [-0.05, 0) is 40.1 Å². The third-order valence-electron chi connectivity index (χ3n) is 5.11. The molecular weight excluding hydrogens is 388 g/mol. The molecule has 0 saturated carbocycles. The molecule has 0 aliphatic carbocycles. The van der Waals surface area contributed by atoms with Crippen LogP contribution in [0.4, 0.5) is 11.8 Å². The second kappa shape index (κ2) is 8.75. The van der Waals surface area contributed by atoms with Gasteiger partial charge in [0, 0.05) is 23.7 Å². The summed E-state index contributed by atoms with van der Waals surface area (Å²) in [7, 11) is 3.26. The number of fused-ring (bicyclic) bond motifs is 1. The number of nitrogen functional groups attached to an aromatic ring is 2. The molecule has 0 amide bonds. The lowest BCUT2D eigenvalue weighted by molar-refractivity contribution is 0.354. The Morgan fingerprint density at radius 1 is 0.903 bits per heavy atom. The van der Waals surface area contributed by atoms with Crippen molar-refractivity contribution in [2.24, 2.45) is 0 Å². The summed E-state index contributed by atoms with van der Waals surface area (Å²) in [6.45, 7) is 0. The fraction of sp³-hybridized carbons (Fsp3) is 0.120. The van der Waals surface area contributed by atoms with Crippen LogP contribution in [0.5, 0.6) is 11.5 Å². The van der Waals surface area contributed by atoms with E-state index in [0.29, 0.717) is 23.7 Å². The average molecular weight is 412 g/mol. The predicted molar refractivity (Wildman–Crippen MR) is 126 cm³/mol. The Bertz CT molecular complexity index is 1270. The summed E-state index contributed by atoms with van der Waals surface area (Å²) >= 11 is 0. The molecule has 0 fully saturated rings. The van der Waals surface area contributed by atoms with Crippen LogP contribution in [0.15, 0.2) is 60.8 Å². The third-order valence-corrected chi connectivity index (χ3v) is 5.11. The lowest BCUT2D eigenvalue weighted by Gasteiger charge is -2.14. The molecule has 156 valence electrons. The zero-order valence-corrected chi connectivity index (χ0v) is 17.5. The quantitative estimate of drug-likeness (QED) is 0.450. The zero-order valence-electron chi connectivity index (χ0n) is 17.5. The Balaban J connectivity index is 1.70. The molecule has 0 bridgehead atoms. The molecule has 31 heavy (non-hydrogen) atoms. The highest BCUT2D eigenvalue weighted by Crippen LogP contribution is 2.35. The molecule has 0 radical (unpaired) electrons. The zero-order chi connectivity index (χ0) is 21.8. The Morgan fingerprint density at radius 2 is 1.71 bits per heavy atom. The van der Waals surface area contributed by atoms with E-state index in [9.17, 15) is 0 Å². The molecule has 0 saturated heterocycles. The summed E-state index contributed by atoms with van der Waals surface area (Å²) in [5, 5.41) is 2.41. The molecule has 4 rings (SSSR count). The fourth-order valence-electron chi connectivity index (χ4n) is 3.57. The topological polar surface area (TPSA) is 96.3 Å². The van der Waals surface area contributed by atoms with Crippen molar-refractivity contribution >= 4 is 34.7 Å². The number of hydrogen-bond acceptors (Lipinski definition) is 6. The van der Waals surface area contributed by atoms with E-state index in [2.05, 4.69) is 52.4 Å². The summed E-state index contributed by atoms with van der Waals surface area (Å²) in [6, 6.07) is 18.6. The van der Waals surface area contributed by atoms with Crippen molar-refractivity contribution < 1.29 is 9.47 Å². The monoisotopic (exact) mass is 412 g/mol. The maximum absolute atomic E-state index is 6.01. The first-order chi connectivity index (χ1) is 15.1. The van der Waals surface area contributed by atoms with Crippen molar-refractivity contribution in [3.63, 3.8) is 0 Å². The molecule has 0 spiro atoms. The van der Waals surface area contributed by atoms with Gasteiger partial charge in [0.15, 0.2) is 11.5 Å². The molecule has 1 aromatic heterocycles. The maximum atomic E-state index is 6.01. The molecule has 4 aromatic rings. The van der Waals surface area contributed by atoms with Gasteiger partial charge in [-0.2, -0.15) is 4.98 Å². The second-order valence-electron chi connectivity index (χ2n) is 7.18. The summed E-state index contributed by atoms with van der Waals surface area (Å²) in [5.41, 5.74) is 15.4. The largest absolute Gasteiger partial charge is 0.493 e. The third kappa shape index (κ3) is 4.43. The minimum Gasteiger partial charge on any atom is -0.493 e. The van der Waals surface area contributed by atoms with E-state index in [1.807, 2.05) is 24.3 Å². The maximum Gasteiger partial charge on any atom is 0.221 e. The molecule has 6 heteroatoms. The SMILES string of the molecule is COc1cc(Cc2cnc(N)nc2N)cc(/C=C/c2ccc3ccccc3c2)c1OC. The Hall–Kier alpha value is -4.06. The second-order valence-corrected chi connectivity index (χ2v) is 7.18. The lowest BCUT2D eigenvalue weighted by Crippen LogP contribution is -2.04. The number of ether oxygens (including phenoxy) is 2. The van der Waals surface area contributed by atoms with Gasteiger partial charge < -0.3 is 20.9 Å². The molecule has 4 N–H and O–H groups in total. The van der Waals surface area contributed by atoms with Gasteiger partial charge in [0.1, 0.15) is 5.82 Å². The summed E-state index contributed by atoms with van der Waals surface area (Å²) < 4.78 is 11.2. The van der Waals surface area contributed by atoms with Crippen LogP contribution in [0.3, 0.4) is 0 Å². The fourth-order valence-corrected chi connectivity index (χ4v) is 3.57. The van der Waals surface area contributed by atoms with E-state index in [4.69, 9.17) is 20.9 Å². The van der Waals surface area contributed by atoms with Gasteiger partial charge in [-0.25, -0.2) is 4.98 Å². The number of benzene rings is 3. The lowest BCUT2D eigenvalue weighted by atomic mass is 10.0. The highest BCUT2D eigenvalue weighted by Gasteiger charge is 2.13. The highest BCUT2D eigenvalue weighted by molar-refractivity contribution is 5.86. The minimum atomic E-state index is 0.160. The molecule has 6 nitrogen and oxygen atoms in total. The molecule has 0 unspecified atom stereocenters. The van der Waals surface area contributed by atoms with E-state index < -0.39 is 0 Å². The predicted octanol–water partition coefficient (Wildman–Crippen LogP) is 4.57. The molecule has 3 aromatic carbocycles. The smallest absolute Gasteiger partial charge is 0.221 e. The van der Waals surface area contributed by atoms with Crippen LogP contribution in [0.1, 0.15) is 22.3 Å². The van der Waals surface area contributed by atoms with Gasteiger partial charge in [-0.3, -0.25) is 0 Å². The van der Waals surface area contributed by atoms with Crippen molar-refractivity contribution in [2.75, 3.05) is 25.7 Å². The molecule has 1 heterocycles. The van der Waals surface area contributed by atoms with Crippen molar-refractivity contribution in [1.82, 2.24) is 9.97 Å². The Morgan fingerprint density at radius 3 is 2.45 bits per heavy atom. The molecule has 0 atom stereocenters. The first-order valence-corrected chi connectivity index (χ1v) is 9.86. The van der Waals surface area contributed by atoms with E-state index in [1.54, 1.807) is 20.4 Å².